The number of hydrogen-bond acceptors (Lipinski definition) is 14. The van der Waals surface area contributed by atoms with Crippen molar-refractivity contribution in [3.05, 3.63) is 36.4 Å². The molecule has 0 atom stereocenters. The Kier molecular flexibility index (Phi) is 57.9. The van der Waals surface area contributed by atoms with Crippen LogP contribution in [0.2, 0.25) is 0 Å². The zero-order valence-corrected chi connectivity index (χ0v) is 69.8. The molecule has 4 aromatic rings. The fraction of sp³-hybridized carbons (Fsp3) is 0.766. The Morgan fingerprint density at radius 3 is 0.454 bits per heavy atom. The first-order valence-electron chi connectivity index (χ1n) is 45.1. The third-order valence-electron chi connectivity index (χ3n) is 21.0. The molecule has 108 heavy (non-hydrogen) atoms. The summed E-state index contributed by atoms with van der Waals surface area (Å²) in [4.78, 5) is 47.6. The first-order chi connectivity index (χ1) is 53.2. The number of hydrogen-bond donors (Lipinski definition) is 0. The maximum Gasteiger partial charge on any atom is 0.305 e. The molecule has 0 radical (unpaired) electrons. The van der Waals surface area contributed by atoms with Crippen LogP contribution in [0, 0.1) is 0 Å². The van der Waals surface area contributed by atoms with E-state index in [-0.39, 0.29) is 23.9 Å². The van der Waals surface area contributed by atoms with E-state index < -0.39 is 0 Å². The van der Waals surface area contributed by atoms with Gasteiger partial charge in [-0.15, -0.1) is 0 Å². The normalized spacial score (nSPS) is 11.4. The molecule has 14 nitrogen and oxygen atoms in total. The lowest BCUT2D eigenvalue weighted by Crippen LogP contribution is -2.05. The molecule has 4 rings (SSSR count). The number of unbranched alkanes of at least 4 members (excludes halogenated alkanes) is 46. The summed E-state index contributed by atoms with van der Waals surface area (Å²) in [6.07, 6.45) is 61.3. The lowest BCUT2D eigenvalue weighted by molar-refractivity contribution is -0.144. The van der Waals surface area contributed by atoms with Gasteiger partial charge in [-0.25, -0.2) is 0 Å². The van der Waals surface area contributed by atoms with Crippen molar-refractivity contribution in [2.75, 3.05) is 66.1 Å². The fourth-order valence-corrected chi connectivity index (χ4v) is 14.6. The van der Waals surface area contributed by atoms with Gasteiger partial charge in [0.05, 0.1) is 66.1 Å². The summed E-state index contributed by atoms with van der Waals surface area (Å²) < 4.78 is 62.4. The van der Waals surface area contributed by atoms with Crippen LogP contribution in [0.4, 0.5) is 0 Å². The van der Waals surface area contributed by atoms with E-state index in [0.717, 1.165) is 298 Å². The monoisotopic (exact) mass is 1510 g/mol. The quantitative estimate of drug-likeness (QED) is 0.0178. The van der Waals surface area contributed by atoms with E-state index in [4.69, 9.17) is 47.4 Å². The third-order valence-corrected chi connectivity index (χ3v) is 21.0. The van der Waals surface area contributed by atoms with Gasteiger partial charge in [0, 0.05) is 25.7 Å². The van der Waals surface area contributed by atoms with E-state index in [1.165, 1.54) is 103 Å². The van der Waals surface area contributed by atoms with E-state index in [9.17, 15) is 19.2 Å². The molecule has 0 aromatic heterocycles. The summed E-state index contributed by atoms with van der Waals surface area (Å²) in [5, 5.41) is 6.39. The van der Waals surface area contributed by atoms with Gasteiger partial charge in [0.1, 0.15) is 0 Å². The van der Waals surface area contributed by atoms with Gasteiger partial charge < -0.3 is 47.4 Å². The van der Waals surface area contributed by atoms with Crippen LogP contribution in [-0.2, 0) is 38.1 Å². The van der Waals surface area contributed by atoms with Gasteiger partial charge in [0.15, 0.2) is 34.5 Å². The second-order valence-corrected chi connectivity index (χ2v) is 30.5. The smallest absolute Gasteiger partial charge is 0.305 e. The lowest BCUT2D eigenvalue weighted by atomic mass is 9.93. The van der Waals surface area contributed by atoms with Crippen molar-refractivity contribution < 1.29 is 66.5 Å². The lowest BCUT2D eigenvalue weighted by Gasteiger charge is -2.21. The summed E-state index contributed by atoms with van der Waals surface area (Å²) in [7, 11) is 0. The molecule has 0 unspecified atom stereocenters. The molecule has 0 aliphatic carbocycles. The SMILES string of the molecule is CCCCCCCCCCCCOc1cc2c(cc1OCCCCCCCCCCCC)c1cc(OCCCCCCCCCCC(=O)OCC)c(OCCCCCCCCCCC(=O)OCC)cc1c1cc(OCCCCCCCCCCC(=O)OCC)c(OCCCCCCCCCCC(=O)OCC)cc21. The molecule has 0 spiro atoms. The van der Waals surface area contributed by atoms with Crippen LogP contribution in [-0.4, -0.2) is 89.9 Å². The summed E-state index contributed by atoms with van der Waals surface area (Å²) in [6, 6.07) is 13.5. The topological polar surface area (TPSA) is 161 Å². The standard InChI is InChI=1S/C94H156O14/c1-7-13-15-17-19-21-27-37-47-57-67-103-85-73-79-80(74-86(85)104-68-58-48-38-28-22-20-18-16-14-8-2)82-76-88(106-70-60-50-40-30-24-34-44-54-64-92(96)100-10-4)90(108-72-62-52-42-32-26-36-46-56-66-94(98)102-12-6)78-84(82)83-77-89(107-71-61-51-41-31-25-35-45-55-65-93(97)101-11-5)87(75-81(79)83)105-69-59-49-39-29-23-33-43-53-63-91(95)99-9-3/h73-78H,7-72H2,1-6H3. The highest BCUT2D eigenvalue weighted by Gasteiger charge is 2.22. The van der Waals surface area contributed by atoms with Gasteiger partial charge in [-0.05, 0) is 161 Å². The average Bonchev–Trinajstić information content (AvgIpc) is 0.727. The largest absolute Gasteiger partial charge is 0.490 e. The van der Waals surface area contributed by atoms with Crippen molar-refractivity contribution in [2.45, 2.75) is 401 Å². The summed E-state index contributed by atoms with van der Waals surface area (Å²) >= 11 is 0. The minimum atomic E-state index is -0.0911. The van der Waals surface area contributed by atoms with Gasteiger partial charge in [-0.1, -0.05) is 284 Å². The first kappa shape index (κ1) is 94.7. The van der Waals surface area contributed by atoms with Crippen molar-refractivity contribution in [3.8, 4) is 34.5 Å². The van der Waals surface area contributed by atoms with Gasteiger partial charge in [-0.2, -0.15) is 0 Å². The number of rotatable bonds is 76. The molecule has 0 amide bonds. The highest BCUT2D eigenvalue weighted by molar-refractivity contribution is 6.27. The predicted octanol–water partition coefficient (Wildman–Crippen LogP) is 27.6. The van der Waals surface area contributed by atoms with Gasteiger partial charge >= 0.3 is 23.9 Å². The molecule has 0 bridgehead atoms. The number of ether oxygens (including phenoxy) is 10. The number of esters is 4. The first-order valence-corrected chi connectivity index (χ1v) is 45.1. The molecule has 0 aliphatic rings. The van der Waals surface area contributed by atoms with E-state index >= 15 is 0 Å². The molecule has 0 N–H and O–H groups in total. The third kappa shape index (κ3) is 45.0. The number of carbonyl (C=O) groups is 4. The zero-order chi connectivity index (χ0) is 77.2. The Labute approximate surface area is 657 Å². The molecule has 4 aromatic carbocycles. The van der Waals surface area contributed by atoms with Crippen molar-refractivity contribution in [2.24, 2.45) is 0 Å². The highest BCUT2D eigenvalue weighted by Crippen LogP contribution is 2.48. The maximum atomic E-state index is 11.9. The number of benzene rings is 4. The number of fused-ring (bicyclic) bond motifs is 6. The highest BCUT2D eigenvalue weighted by atomic mass is 16.6. The Bertz CT molecular complexity index is 2710. The maximum absolute atomic E-state index is 11.9. The van der Waals surface area contributed by atoms with Crippen molar-refractivity contribution in [3.63, 3.8) is 0 Å². The van der Waals surface area contributed by atoms with E-state index in [0.29, 0.717) is 91.8 Å². The Morgan fingerprint density at radius 2 is 0.315 bits per heavy atom. The summed E-state index contributed by atoms with van der Waals surface area (Å²) in [5.74, 6) is 4.21. The molecule has 14 heteroatoms. The van der Waals surface area contributed by atoms with Crippen molar-refractivity contribution >= 4 is 56.2 Å². The van der Waals surface area contributed by atoms with Gasteiger partial charge in [-0.3, -0.25) is 19.2 Å². The Balaban J connectivity index is 1.76. The molecule has 0 fully saturated rings. The second-order valence-electron chi connectivity index (χ2n) is 30.5. The molecule has 0 saturated heterocycles. The van der Waals surface area contributed by atoms with Crippen LogP contribution in [0.1, 0.15) is 401 Å². The van der Waals surface area contributed by atoms with E-state index in [1.807, 2.05) is 27.7 Å². The van der Waals surface area contributed by atoms with E-state index in [2.05, 4.69) is 50.2 Å². The van der Waals surface area contributed by atoms with Crippen LogP contribution < -0.4 is 28.4 Å². The molecule has 0 aliphatic heterocycles. The van der Waals surface area contributed by atoms with Crippen LogP contribution in [0.15, 0.2) is 36.4 Å². The summed E-state index contributed by atoms with van der Waals surface area (Å²) in [6.45, 7) is 17.3. The Morgan fingerprint density at radius 1 is 0.185 bits per heavy atom. The minimum Gasteiger partial charge on any atom is -0.490 e. The van der Waals surface area contributed by atoms with Crippen LogP contribution >= 0.6 is 0 Å². The molecular formula is C94H156O14. The zero-order valence-electron chi connectivity index (χ0n) is 69.8. The van der Waals surface area contributed by atoms with E-state index in [1.54, 1.807) is 0 Å². The van der Waals surface area contributed by atoms with Crippen molar-refractivity contribution in [1.29, 1.82) is 0 Å². The predicted molar refractivity (Wildman–Crippen MR) is 448 cm³/mol. The van der Waals surface area contributed by atoms with Crippen LogP contribution in [0.3, 0.4) is 0 Å². The van der Waals surface area contributed by atoms with Crippen molar-refractivity contribution in [1.82, 2.24) is 0 Å². The molecule has 0 saturated carbocycles. The fourth-order valence-electron chi connectivity index (χ4n) is 14.6. The number of carbonyl (C=O) groups excluding carboxylic acids is 4. The minimum absolute atomic E-state index is 0.0902. The molecular weight excluding hydrogens is 1350 g/mol. The summed E-state index contributed by atoms with van der Waals surface area (Å²) in [5.41, 5.74) is 0. The second kappa shape index (κ2) is 66.0. The average molecular weight is 1510 g/mol. The molecule has 0 heterocycles. The Hall–Kier alpha value is -5.66. The van der Waals surface area contributed by atoms with Crippen LogP contribution in [0.25, 0.3) is 32.3 Å². The van der Waals surface area contributed by atoms with Gasteiger partial charge in [0.2, 0.25) is 0 Å². The van der Waals surface area contributed by atoms with Crippen LogP contribution in [0.5, 0.6) is 34.5 Å². The van der Waals surface area contributed by atoms with Gasteiger partial charge in [0.25, 0.3) is 0 Å². The molecule has 616 valence electrons.